The molecule has 0 aliphatic heterocycles. The van der Waals surface area contributed by atoms with E-state index in [1.165, 1.54) is 4.90 Å². The Balaban J connectivity index is 2.06. The van der Waals surface area contributed by atoms with Gasteiger partial charge in [0, 0.05) is 11.4 Å². The molecule has 1 aromatic heterocycles. The van der Waals surface area contributed by atoms with Gasteiger partial charge in [0.15, 0.2) is 0 Å². The summed E-state index contributed by atoms with van der Waals surface area (Å²) in [4.78, 5) is 14.0. The third-order valence-corrected chi connectivity index (χ3v) is 4.62. The molecule has 22 heavy (non-hydrogen) atoms. The summed E-state index contributed by atoms with van der Waals surface area (Å²) in [6, 6.07) is 16.5. The molecule has 114 valence electrons. The number of imidazole rings is 1. The summed E-state index contributed by atoms with van der Waals surface area (Å²) >= 11 is 1.73. The highest BCUT2D eigenvalue weighted by molar-refractivity contribution is 7.98. The van der Waals surface area contributed by atoms with E-state index in [9.17, 15) is 4.79 Å². The first kappa shape index (κ1) is 15.0. The maximum atomic E-state index is 12.7. The van der Waals surface area contributed by atoms with Gasteiger partial charge in [-0.05, 0) is 42.5 Å². The van der Waals surface area contributed by atoms with Crippen molar-refractivity contribution in [1.82, 2.24) is 9.13 Å². The first-order valence-corrected chi connectivity index (χ1v) is 8.78. The monoisotopic (exact) mass is 312 g/mol. The van der Waals surface area contributed by atoms with E-state index in [2.05, 4.69) is 37.4 Å². The summed E-state index contributed by atoms with van der Waals surface area (Å²) in [6.45, 7) is 3.47. The Morgan fingerprint density at radius 2 is 1.59 bits per heavy atom. The predicted octanol–water partition coefficient (Wildman–Crippen LogP) is 3.98. The summed E-state index contributed by atoms with van der Waals surface area (Å²) in [7, 11) is 0. The van der Waals surface area contributed by atoms with Crippen LogP contribution < -0.4 is 5.69 Å². The molecule has 0 N–H and O–H groups in total. The number of hydrogen-bond donors (Lipinski definition) is 0. The highest BCUT2D eigenvalue weighted by atomic mass is 32.2. The Morgan fingerprint density at radius 1 is 0.955 bits per heavy atom. The maximum absolute atomic E-state index is 12.7. The van der Waals surface area contributed by atoms with Gasteiger partial charge in [-0.2, -0.15) is 0 Å². The van der Waals surface area contributed by atoms with Crippen molar-refractivity contribution in [3.05, 3.63) is 64.6 Å². The van der Waals surface area contributed by atoms with Crippen molar-refractivity contribution >= 4 is 22.8 Å². The lowest BCUT2D eigenvalue weighted by Gasteiger charge is -2.04. The summed E-state index contributed by atoms with van der Waals surface area (Å²) in [5.41, 5.74) is 3.27. The SMILES string of the molecule is CCCn1c(=O)n(Cc2ccc(SC)cc2)c2ccccc21. The molecule has 0 bridgehead atoms. The van der Waals surface area contributed by atoms with Gasteiger partial charge < -0.3 is 0 Å². The summed E-state index contributed by atoms with van der Waals surface area (Å²) < 4.78 is 3.75. The molecule has 2 aromatic carbocycles. The second-order valence-corrected chi connectivity index (χ2v) is 6.24. The number of fused-ring (bicyclic) bond motifs is 1. The minimum atomic E-state index is 0.0805. The molecule has 0 aliphatic rings. The van der Waals surface area contributed by atoms with E-state index in [1.807, 2.05) is 33.4 Å². The maximum Gasteiger partial charge on any atom is 0.329 e. The fourth-order valence-corrected chi connectivity index (χ4v) is 3.19. The topological polar surface area (TPSA) is 26.9 Å². The van der Waals surface area contributed by atoms with Crippen LogP contribution in [0, 0.1) is 0 Å². The van der Waals surface area contributed by atoms with Gasteiger partial charge in [-0.3, -0.25) is 9.13 Å². The normalized spacial score (nSPS) is 11.2. The van der Waals surface area contributed by atoms with E-state index in [1.54, 1.807) is 11.8 Å². The van der Waals surface area contributed by atoms with Crippen LogP contribution >= 0.6 is 11.8 Å². The Labute approximate surface area is 134 Å². The van der Waals surface area contributed by atoms with Crippen LogP contribution in [0.15, 0.2) is 58.2 Å². The molecular weight excluding hydrogens is 292 g/mol. The van der Waals surface area contributed by atoms with Crippen LogP contribution in [0.4, 0.5) is 0 Å². The van der Waals surface area contributed by atoms with Crippen LogP contribution in [-0.2, 0) is 13.1 Å². The van der Waals surface area contributed by atoms with E-state index >= 15 is 0 Å². The number of aryl methyl sites for hydroxylation is 1. The van der Waals surface area contributed by atoms with Crippen LogP contribution in [0.1, 0.15) is 18.9 Å². The third-order valence-electron chi connectivity index (χ3n) is 3.87. The fraction of sp³-hybridized carbons (Fsp3) is 0.278. The first-order valence-electron chi connectivity index (χ1n) is 7.55. The number of nitrogens with zero attached hydrogens (tertiary/aromatic N) is 2. The zero-order valence-corrected chi connectivity index (χ0v) is 13.8. The number of rotatable bonds is 5. The van der Waals surface area contributed by atoms with Gasteiger partial charge >= 0.3 is 5.69 Å². The molecule has 0 atom stereocenters. The fourth-order valence-electron chi connectivity index (χ4n) is 2.78. The highest BCUT2D eigenvalue weighted by Gasteiger charge is 2.12. The van der Waals surface area contributed by atoms with Gasteiger partial charge in [-0.15, -0.1) is 11.8 Å². The van der Waals surface area contributed by atoms with Crippen molar-refractivity contribution in [2.75, 3.05) is 6.26 Å². The van der Waals surface area contributed by atoms with E-state index in [0.717, 1.165) is 29.6 Å². The Morgan fingerprint density at radius 3 is 2.18 bits per heavy atom. The highest BCUT2D eigenvalue weighted by Crippen LogP contribution is 2.18. The minimum absolute atomic E-state index is 0.0805. The minimum Gasteiger partial charge on any atom is -0.292 e. The number of benzene rings is 2. The standard InChI is InChI=1S/C18H20N2OS/c1-3-12-19-16-6-4-5-7-17(16)20(18(19)21)13-14-8-10-15(22-2)11-9-14/h4-11H,3,12-13H2,1-2H3. The zero-order chi connectivity index (χ0) is 15.5. The molecule has 0 radical (unpaired) electrons. The Hall–Kier alpha value is -1.94. The van der Waals surface area contributed by atoms with Crippen LogP contribution in [0.2, 0.25) is 0 Å². The van der Waals surface area contributed by atoms with Gasteiger partial charge in [-0.25, -0.2) is 4.79 Å². The average molecular weight is 312 g/mol. The van der Waals surface area contributed by atoms with E-state index in [4.69, 9.17) is 0 Å². The molecule has 0 saturated heterocycles. The Bertz CT molecular complexity index is 830. The summed E-state index contributed by atoms with van der Waals surface area (Å²) in [5, 5.41) is 0. The number of aromatic nitrogens is 2. The average Bonchev–Trinajstić information content (AvgIpc) is 2.82. The first-order chi connectivity index (χ1) is 10.7. The van der Waals surface area contributed by atoms with Crippen LogP contribution in [-0.4, -0.2) is 15.4 Å². The molecule has 0 aliphatic carbocycles. The van der Waals surface area contributed by atoms with Crippen molar-refractivity contribution < 1.29 is 0 Å². The molecule has 3 rings (SSSR count). The smallest absolute Gasteiger partial charge is 0.292 e. The van der Waals surface area contributed by atoms with E-state index < -0.39 is 0 Å². The molecular formula is C18H20N2OS. The lowest BCUT2D eigenvalue weighted by Crippen LogP contribution is -2.24. The van der Waals surface area contributed by atoms with Crippen molar-refractivity contribution in [2.45, 2.75) is 31.3 Å². The van der Waals surface area contributed by atoms with Gasteiger partial charge in [-0.1, -0.05) is 31.2 Å². The zero-order valence-electron chi connectivity index (χ0n) is 13.0. The lowest BCUT2D eigenvalue weighted by molar-refractivity contribution is 0.638. The number of thioether (sulfide) groups is 1. The third kappa shape index (κ3) is 2.71. The van der Waals surface area contributed by atoms with Crippen LogP contribution in [0.3, 0.4) is 0 Å². The van der Waals surface area contributed by atoms with Gasteiger partial charge in [0.05, 0.1) is 17.6 Å². The summed E-state index contributed by atoms with van der Waals surface area (Å²) in [6.07, 6.45) is 3.02. The second kappa shape index (κ2) is 6.44. The van der Waals surface area contributed by atoms with Crippen molar-refractivity contribution in [1.29, 1.82) is 0 Å². The van der Waals surface area contributed by atoms with Gasteiger partial charge in [0.1, 0.15) is 0 Å². The quantitative estimate of drug-likeness (QED) is 0.666. The lowest BCUT2D eigenvalue weighted by atomic mass is 10.2. The molecule has 3 nitrogen and oxygen atoms in total. The summed E-state index contributed by atoms with van der Waals surface area (Å²) in [5.74, 6) is 0. The van der Waals surface area contributed by atoms with Crippen LogP contribution in [0.5, 0.6) is 0 Å². The second-order valence-electron chi connectivity index (χ2n) is 5.36. The van der Waals surface area contributed by atoms with Crippen molar-refractivity contribution in [3.8, 4) is 0 Å². The van der Waals surface area contributed by atoms with Gasteiger partial charge in [0.25, 0.3) is 0 Å². The van der Waals surface area contributed by atoms with Crippen molar-refractivity contribution in [3.63, 3.8) is 0 Å². The number of para-hydroxylation sites is 2. The van der Waals surface area contributed by atoms with E-state index in [-0.39, 0.29) is 5.69 Å². The molecule has 0 amide bonds. The molecule has 0 fully saturated rings. The van der Waals surface area contributed by atoms with Crippen molar-refractivity contribution in [2.24, 2.45) is 0 Å². The Kier molecular flexibility index (Phi) is 4.39. The predicted molar refractivity (Wildman–Crippen MR) is 93.8 cm³/mol. The molecule has 0 saturated carbocycles. The van der Waals surface area contributed by atoms with E-state index in [0.29, 0.717) is 6.54 Å². The molecule has 4 heteroatoms. The largest absolute Gasteiger partial charge is 0.329 e. The van der Waals surface area contributed by atoms with Gasteiger partial charge in [0.2, 0.25) is 0 Å². The molecule has 0 spiro atoms. The number of hydrogen-bond acceptors (Lipinski definition) is 2. The van der Waals surface area contributed by atoms with Crippen LogP contribution in [0.25, 0.3) is 11.0 Å². The molecule has 0 unspecified atom stereocenters. The molecule has 1 heterocycles. The molecule has 3 aromatic rings.